The van der Waals surface area contributed by atoms with Crippen molar-refractivity contribution in [3.05, 3.63) is 86.3 Å². The van der Waals surface area contributed by atoms with Crippen molar-refractivity contribution in [2.75, 3.05) is 12.4 Å². The number of hydrogen-bond acceptors (Lipinski definition) is 5. The van der Waals surface area contributed by atoms with Gasteiger partial charge in [0.25, 0.3) is 5.91 Å². The molecule has 0 aromatic heterocycles. The van der Waals surface area contributed by atoms with E-state index in [1.807, 2.05) is 0 Å². The zero-order valence-electron chi connectivity index (χ0n) is 18.8. The maximum Gasteiger partial charge on any atom is 0.252 e. The summed E-state index contributed by atoms with van der Waals surface area (Å²) in [7, 11) is 1.56. The van der Waals surface area contributed by atoms with Crippen LogP contribution in [0, 0.1) is 5.92 Å². The monoisotopic (exact) mass is 577 g/mol. The van der Waals surface area contributed by atoms with Gasteiger partial charge in [-0.25, -0.2) is 5.43 Å². The smallest absolute Gasteiger partial charge is 0.252 e. The first-order valence-electron chi connectivity index (χ1n) is 10.4. The van der Waals surface area contributed by atoms with Gasteiger partial charge in [-0.05, 0) is 83.0 Å². The highest BCUT2D eigenvalue weighted by molar-refractivity contribution is 9.10. The molecule has 0 aliphatic rings. The summed E-state index contributed by atoms with van der Waals surface area (Å²) in [6.07, 6.45) is 1.47. The molecule has 7 nitrogen and oxygen atoms in total. The number of hydrazone groups is 1. The lowest BCUT2D eigenvalue weighted by atomic mass is 10.1. The highest BCUT2D eigenvalue weighted by Gasteiger charge is 2.21. The van der Waals surface area contributed by atoms with Crippen LogP contribution in [0.1, 0.15) is 18.1 Å². The Bertz CT molecular complexity index is 1240. The Balaban J connectivity index is 1.51. The third-order valence-electron chi connectivity index (χ3n) is 4.89. The molecule has 0 saturated heterocycles. The summed E-state index contributed by atoms with van der Waals surface area (Å²) in [4.78, 5) is 24.6. The Kier molecular flexibility index (Phi) is 9.54. The van der Waals surface area contributed by atoms with Gasteiger partial charge in [-0.1, -0.05) is 29.3 Å². The molecule has 182 valence electrons. The van der Waals surface area contributed by atoms with Crippen molar-refractivity contribution < 1.29 is 19.1 Å². The standard InChI is InChI=1S/C25H22BrCl2N3O4/c1-15(24(32)30-19-6-8-20(34-2)9-7-19)25(33)31-29-13-16-3-10-23(21(26)11-16)35-14-17-4-5-18(27)12-22(17)28/h3-13,15H,14H2,1-2H3,(H,30,32)(H,31,33). The molecular weight excluding hydrogens is 557 g/mol. The number of hydrogen-bond donors (Lipinski definition) is 2. The average Bonchev–Trinajstić information content (AvgIpc) is 2.84. The van der Waals surface area contributed by atoms with E-state index in [0.717, 1.165) is 5.56 Å². The molecule has 3 aromatic carbocycles. The topological polar surface area (TPSA) is 89.0 Å². The molecule has 3 rings (SSSR count). The van der Waals surface area contributed by atoms with Gasteiger partial charge in [-0.2, -0.15) is 5.10 Å². The van der Waals surface area contributed by atoms with E-state index in [9.17, 15) is 9.59 Å². The number of benzene rings is 3. The first kappa shape index (κ1) is 26.5. The number of nitrogens with zero attached hydrogens (tertiary/aromatic N) is 1. The van der Waals surface area contributed by atoms with Gasteiger partial charge in [0, 0.05) is 21.3 Å². The third-order valence-corrected chi connectivity index (χ3v) is 6.09. The second kappa shape index (κ2) is 12.6. The number of anilines is 1. The summed E-state index contributed by atoms with van der Waals surface area (Å²) >= 11 is 15.6. The van der Waals surface area contributed by atoms with Gasteiger partial charge in [0.05, 0.1) is 17.8 Å². The molecular formula is C25H22BrCl2N3O4. The Morgan fingerprint density at radius 1 is 1.06 bits per heavy atom. The second-order valence-corrected chi connectivity index (χ2v) is 9.09. The SMILES string of the molecule is COc1ccc(NC(=O)C(C)C(=O)NN=Cc2ccc(OCc3ccc(Cl)cc3Cl)c(Br)c2)cc1. The van der Waals surface area contributed by atoms with E-state index < -0.39 is 17.7 Å². The van der Waals surface area contributed by atoms with Crippen molar-refractivity contribution in [3.63, 3.8) is 0 Å². The highest BCUT2D eigenvalue weighted by Crippen LogP contribution is 2.28. The molecule has 1 unspecified atom stereocenters. The normalized spacial score (nSPS) is 11.7. The van der Waals surface area contributed by atoms with Crippen LogP contribution < -0.4 is 20.2 Å². The van der Waals surface area contributed by atoms with Gasteiger partial charge in [-0.3, -0.25) is 9.59 Å². The molecule has 0 spiro atoms. The summed E-state index contributed by atoms with van der Waals surface area (Å²) < 4.78 is 11.6. The third kappa shape index (κ3) is 7.71. The second-order valence-electron chi connectivity index (χ2n) is 7.39. The molecule has 10 heteroatoms. The van der Waals surface area contributed by atoms with E-state index in [2.05, 4.69) is 31.8 Å². The van der Waals surface area contributed by atoms with Gasteiger partial charge >= 0.3 is 0 Å². The quantitative estimate of drug-likeness (QED) is 0.183. The van der Waals surface area contributed by atoms with E-state index >= 15 is 0 Å². The molecule has 0 aliphatic carbocycles. The zero-order chi connectivity index (χ0) is 25.4. The molecule has 0 aliphatic heterocycles. The van der Waals surface area contributed by atoms with Crippen LogP contribution in [-0.4, -0.2) is 25.1 Å². The number of nitrogens with one attached hydrogen (secondary N) is 2. The lowest BCUT2D eigenvalue weighted by Crippen LogP contribution is -2.34. The summed E-state index contributed by atoms with van der Waals surface area (Å²) in [6, 6.07) is 17.4. The number of methoxy groups -OCH3 is 1. The van der Waals surface area contributed by atoms with E-state index in [1.165, 1.54) is 13.1 Å². The van der Waals surface area contributed by atoms with Gasteiger partial charge in [0.15, 0.2) is 0 Å². The number of halogens is 3. The number of ether oxygens (including phenoxy) is 2. The largest absolute Gasteiger partial charge is 0.497 e. The van der Waals surface area contributed by atoms with E-state index in [-0.39, 0.29) is 6.61 Å². The molecule has 0 heterocycles. The van der Waals surface area contributed by atoms with Crippen molar-refractivity contribution in [2.45, 2.75) is 13.5 Å². The van der Waals surface area contributed by atoms with E-state index in [0.29, 0.717) is 37.3 Å². The van der Waals surface area contributed by atoms with Crippen LogP contribution in [0.2, 0.25) is 10.0 Å². The fourth-order valence-corrected chi connectivity index (χ4v) is 3.79. The minimum atomic E-state index is -0.948. The van der Waals surface area contributed by atoms with Crippen LogP contribution in [-0.2, 0) is 16.2 Å². The van der Waals surface area contributed by atoms with Crippen LogP contribution in [0.5, 0.6) is 11.5 Å². The molecule has 0 saturated carbocycles. The fourth-order valence-electron chi connectivity index (χ4n) is 2.82. The molecule has 35 heavy (non-hydrogen) atoms. The van der Waals surface area contributed by atoms with Gasteiger partial charge in [-0.15, -0.1) is 0 Å². The minimum absolute atomic E-state index is 0.272. The van der Waals surface area contributed by atoms with Crippen molar-refractivity contribution in [2.24, 2.45) is 11.0 Å². The molecule has 0 radical (unpaired) electrons. The predicted molar refractivity (Wildman–Crippen MR) is 141 cm³/mol. The van der Waals surface area contributed by atoms with Crippen LogP contribution >= 0.6 is 39.1 Å². The number of rotatable bonds is 9. The molecule has 2 N–H and O–H groups in total. The van der Waals surface area contributed by atoms with Gasteiger partial charge < -0.3 is 14.8 Å². The fraction of sp³-hybridized carbons (Fsp3) is 0.160. The van der Waals surface area contributed by atoms with Gasteiger partial charge in [0.2, 0.25) is 5.91 Å². The summed E-state index contributed by atoms with van der Waals surface area (Å²) in [5.41, 5.74) is 4.46. The first-order chi connectivity index (χ1) is 16.8. The maximum atomic E-state index is 12.3. The van der Waals surface area contributed by atoms with Crippen LogP contribution in [0.15, 0.2) is 70.2 Å². The molecule has 3 aromatic rings. The average molecular weight is 579 g/mol. The molecule has 1 atom stereocenters. The Labute approximate surface area is 221 Å². The van der Waals surface area contributed by atoms with Crippen molar-refractivity contribution in [1.82, 2.24) is 5.43 Å². The van der Waals surface area contributed by atoms with Crippen LogP contribution in [0.4, 0.5) is 5.69 Å². The molecule has 2 amide bonds. The minimum Gasteiger partial charge on any atom is -0.497 e. The maximum absolute atomic E-state index is 12.3. The number of carbonyl (C=O) groups is 2. The summed E-state index contributed by atoms with van der Waals surface area (Å²) in [5, 5.41) is 7.72. The highest BCUT2D eigenvalue weighted by atomic mass is 79.9. The lowest BCUT2D eigenvalue weighted by Gasteiger charge is -2.11. The van der Waals surface area contributed by atoms with Crippen LogP contribution in [0.3, 0.4) is 0 Å². The number of carbonyl (C=O) groups excluding carboxylic acids is 2. The van der Waals surface area contributed by atoms with Crippen LogP contribution in [0.25, 0.3) is 0 Å². The van der Waals surface area contributed by atoms with E-state index in [1.54, 1.807) is 67.8 Å². The Morgan fingerprint density at radius 2 is 1.80 bits per heavy atom. The Morgan fingerprint density at radius 3 is 2.46 bits per heavy atom. The van der Waals surface area contributed by atoms with Gasteiger partial charge in [0.1, 0.15) is 24.0 Å². The Hall–Kier alpha value is -3.07. The zero-order valence-corrected chi connectivity index (χ0v) is 21.9. The summed E-state index contributed by atoms with van der Waals surface area (Å²) in [6.45, 7) is 1.77. The summed E-state index contributed by atoms with van der Waals surface area (Å²) in [5.74, 6) is -0.656. The lowest BCUT2D eigenvalue weighted by molar-refractivity contribution is -0.131. The van der Waals surface area contributed by atoms with Crippen molar-refractivity contribution in [1.29, 1.82) is 0 Å². The molecule has 0 fully saturated rings. The molecule has 0 bridgehead atoms. The number of amides is 2. The van der Waals surface area contributed by atoms with Crippen molar-refractivity contribution in [3.8, 4) is 11.5 Å². The van der Waals surface area contributed by atoms with Crippen molar-refractivity contribution >= 4 is 62.8 Å². The predicted octanol–water partition coefficient (Wildman–Crippen LogP) is 6.07. The first-order valence-corrected chi connectivity index (χ1v) is 12.0. The van der Waals surface area contributed by atoms with E-state index in [4.69, 9.17) is 32.7 Å².